The summed E-state index contributed by atoms with van der Waals surface area (Å²) in [5, 5.41) is 2.77. The van der Waals surface area contributed by atoms with E-state index in [1.165, 1.54) is 23.5 Å². The van der Waals surface area contributed by atoms with Gasteiger partial charge in [-0.1, -0.05) is 0 Å². The number of aromatic nitrogens is 2. The third-order valence-corrected chi connectivity index (χ3v) is 3.12. The molecule has 2 rings (SSSR count). The van der Waals surface area contributed by atoms with Crippen LogP contribution in [0.15, 0.2) is 18.6 Å². The Bertz CT molecular complexity index is 444. The molecule has 0 atom stereocenters. The van der Waals surface area contributed by atoms with Crippen LogP contribution in [-0.2, 0) is 0 Å². The van der Waals surface area contributed by atoms with Crippen molar-refractivity contribution in [3.8, 4) is 0 Å². The molecular formula is C12H15F3N4O. The van der Waals surface area contributed by atoms with E-state index in [0.717, 1.165) is 0 Å². The van der Waals surface area contributed by atoms with E-state index in [2.05, 4.69) is 15.3 Å². The van der Waals surface area contributed by atoms with Crippen molar-refractivity contribution < 1.29 is 18.0 Å². The molecule has 0 aromatic carbocycles. The van der Waals surface area contributed by atoms with E-state index >= 15 is 0 Å². The fourth-order valence-electron chi connectivity index (χ4n) is 2.16. The molecule has 0 spiro atoms. The van der Waals surface area contributed by atoms with E-state index in [4.69, 9.17) is 0 Å². The van der Waals surface area contributed by atoms with Crippen LogP contribution < -0.4 is 5.32 Å². The number of amides is 1. The summed E-state index contributed by atoms with van der Waals surface area (Å²) in [5.41, 5.74) is 0.213. The van der Waals surface area contributed by atoms with Gasteiger partial charge in [-0.2, -0.15) is 13.2 Å². The summed E-state index contributed by atoms with van der Waals surface area (Å²) < 4.78 is 36.7. The van der Waals surface area contributed by atoms with Crippen LogP contribution in [0.4, 0.5) is 13.2 Å². The SMILES string of the molecule is O=C(NC1CCN(CC(F)(F)F)CC1)c1cnccn1. The summed E-state index contributed by atoms with van der Waals surface area (Å²) in [6, 6.07) is -0.117. The average Bonchev–Trinajstić information content (AvgIpc) is 2.40. The Kier molecular flexibility index (Phi) is 4.53. The molecule has 1 aromatic heterocycles. The predicted molar refractivity (Wildman–Crippen MR) is 65.0 cm³/mol. The van der Waals surface area contributed by atoms with Gasteiger partial charge in [0.2, 0.25) is 0 Å². The number of carbonyl (C=O) groups excluding carboxylic acids is 1. The zero-order valence-electron chi connectivity index (χ0n) is 10.7. The summed E-state index contributed by atoms with van der Waals surface area (Å²) in [5.74, 6) is -0.340. The molecule has 0 unspecified atom stereocenters. The molecule has 8 heteroatoms. The zero-order valence-corrected chi connectivity index (χ0v) is 10.7. The molecule has 1 saturated heterocycles. The topological polar surface area (TPSA) is 58.1 Å². The number of halogens is 3. The van der Waals surface area contributed by atoms with Crippen molar-refractivity contribution in [1.82, 2.24) is 20.2 Å². The third kappa shape index (κ3) is 4.44. The Labute approximate surface area is 114 Å². The molecule has 1 fully saturated rings. The van der Waals surface area contributed by atoms with Crippen LogP contribution in [0.25, 0.3) is 0 Å². The first kappa shape index (κ1) is 14.7. The molecule has 0 radical (unpaired) electrons. The van der Waals surface area contributed by atoms with Crippen LogP contribution in [-0.4, -0.2) is 52.6 Å². The molecule has 2 heterocycles. The van der Waals surface area contributed by atoms with Crippen LogP contribution in [0.5, 0.6) is 0 Å². The molecule has 0 aliphatic carbocycles. The third-order valence-electron chi connectivity index (χ3n) is 3.12. The normalized spacial score (nSPS) is 17.9. The lowest BCUT2D eigenvalue weighted by Gasteiger charge is -2.32. The molecule has 0 bridgehead atoms. The summed E-state index contributed by atoms with van der Waals surface area (Å²) in [4.78, 5) is 20.8. The highest BCUT2D eigenvalue weighted by Gasteiger charge is 2.32. The van der Waals surface area contributed by atoms with E-state index in [9.17, 15) is 18.0 Å². The van der Waals surface area contributed by atoms with E-state index in [1.807, 2.05) is 0 Å². The van der Waals surface area contributed by atoms with Crippen molar-refractivity contribution in [3.05, 3.63) is 24.3 Å². The molecule has 5 nitrogen and oxygen atoms in total. The fourth-order valence-corrected chi connectivity index (χ4v) is 2.16. The highest BCUT2D eigenvalue weighted by Crippen LogP contribution is 2.19. The van der Waals surface area contributed by atoms with Crippen molar-refractivity contribution in [2.45, 2.75) is 25.1 Å². The van der Waals surface area contributed by atoms with Crippen molar-refractivity contribution in [2.24, 2.45) is 0 Å². The summed E-state index contributed by atoms with van der Waals surface area (Å²) >= 11 is 0. The van der Waals surface area contributed by atoms with Crippen molar-refractivity contribution in [2.75, 3.05) is 19.6 Å². The molecule has 0 saturated carbocycles. The lowest BCUT2D eigenvalue weighted by atomic mass is 10.0. The number of hydrogen-bond donors (Lipinski definition) is 1. The van der Waals surface area contributed by atoms with Gasteiger partial charge in [0, 0.05) is 31.5 Å². The molecule has 1 aliphatic rings. The van der Waals surface area contributed by atoms with Crippen LogP contribution in [0.2, 0.25) is 0 Å². The van der Waals surface area contributed by atoms with Gasteiger partial charge in [0.25, 0.3) is 5.91 Å². The Morgan fingerprint density at radius 1 is 1.35 bits per heavy atom. The highest BCUT2D eigenvalue weighted by atomic mass is 19.4. The Morgan fingerprint density at radius 2 is 2.05 bits per heavy atom. The minimum absolute atomic E-state index is 0.117. The van der Waals surface area contributed by atoms with Crippen molar-refractivity contribution >= 4 is 5.91 Å². The van der Waals surface area contributed by atoms with Crippen LogP contribution in [0.1, 0.15) is 23.3 Å². The minimum Gasteiger partial charge on any atom is -0.348 e. The largest absolute Gasteiger partial charge is 0.401 e. The van der Waals surface area contributed by atoms with Crippen molar-refractivity contribution in [1.29, 1.82) is 0 Å². The first-order valence-electron chi connectivity index (χ1n) is 6.30. The summed E-state index contributed by atoms with van der Waals surface area (Å²) in [6.45, 7) is -0.242. The lowest BCUT2D eigenvalue weighted by molar-refractivity contribution is -0.148. The molecule has 20 heavy (non-hydrogen) atoms. The number of carbonyl (C=O) groups is 1. The number of nitrogens with one attached hydrogen (secondary N) is 1. The van der Waals surface area contributed by atoms with E-state index in [1.54, 1.807) is 0 Å². The van der Waals surface area contributed by atoms with Crippen LogP contribution >= 0.6 is 0 Å². The number of piperidine rings is 1. The predicted octanol–water partition coefficient (Wildman–Crippen LogP) is 1.23. The van der Waals surface area contributed by atoms with Gasteiger partial charge >= 0.3 is 6.18 Å². The monoisotopic (exact) mass is 288 g/mol. The maximum absolute atomic E-state index is 12.2. The fraction of sp³-hybridized carbons (Fsp3) is 0.583. The number of rotatable bonds is 3. The molecular weight excluding hydrogens is 273 g/mol. The Balaban J connectivity index is 1.79. The number of nitrogens with zero attached hydrogens (tertiary/aromatic N) is 3. The number of alkyl halides is 3. The lowest BCUT2D eigenvalue weighted by Crippen LogP contribution is -2.47. The number of hydrogen-bond acceptors (Lipinski definition) is 4. The van der Waals surface area contributed by atoms with Crippen LogP contribution in [0.3, 0.4) is 0 Å². The first-order chi connectivity index (χ1) is 9.44. The van der Waals surface area contributed by atoms with Gasteiger partial charge in [0.05, 0.1) is 12.7 Å². The first-order valence-corrected chi connectivity index (χ1v) is 6.30. The minimum atomic E-state index is -4.17. The smallest absolute Gasteiger partial charge is 0.348 e. The highest BCUT2D eigenvalue weighted by molar-refractivity contribution is 5.92. The zero-order chi connectivity index (χ0) is 14.6. The van der Waals surface area contributed by atoms with Gasteiger partial charge in [0.15, 0.2) is 0 Å². The van der Waals surface area contributed by atoms with Gasteiger partial charge in [-0.05, 0) is 12.8 Å². The summed E-state index contributed by atoms with van der Waals surface area (Å²) in [7, 11) is 0. The quantitative estimate of drug-likeness (QED) is 0.909. The standard InChI is InChI=1S/C12H15F3N4O/c13-12(14,15)8-19-5-1-9(2-6-19)18-11(20)10-7-16-3-4-17-10/h3-4,7,9H,1-2,5-6,8H2,(H,18,20). The van der Waals surface area contributed by atoms with Gasteiger partial charge in [-0.15, -0.1) is 0 Å². The molecule has 1 aromatic rings. The molecule has 1 amide bonds. The van der Waals surface area contributed by atoms with E-state index in [0.29, 0.717) is 25.9 Å². The summed E-state index contributed by atoms with van der Waals surface area (Å²) in [6.07, 6.45) is 1.07. The van der Waals surface area contributed by atoms with E-state index < -0.39 is 12.7 Å². The number of likely N-dealkylation sites (tertiary alicyclic amines) is 1. The van der Waals surface area contributed by atoms with Gasteiger partial charge in [-0.3, -0.25) is 14.7 Å². The maximum Gasteiger partial charge on any atom is 0.401 e. The van der Waals surface area contributed by atoms with E-state index in [-0.39, 0.29) is 17.6 Å². The molecule has 110 valence electrons. The van der Waals surface area contributed by atoms with Crippen LogP contribution in [0, 0.1) is 0 Å². The van der Waals surface area contributed by atoms with Gasteiger partial charge < -0.3 is 5.32 Å². The van der Waals surface area contributed by atoms with Crippen molar-refractivity contribution in [3.63, 3.8) is 0 Å². The second kappa shape index (κ2) is 6.17. The van der Waals surface area contributed by atoms with Gasteiger partial charge in [0.1, 0.15) is 5.69 Å². The average molecular weight is 288 g/mol. The maximum atomic E-state index is 12.2. The Hall–Kier alpha value is -1.70. The second-order valence-electron chi connectivity index (χ2n) is 4.73. The molecule has 1 aliphatic heterocycles. The Morgan fingerprint density at radius 3 is 2.60 bits per heavy atom. The van der Waals surface area contributed by atoms with Gasteiger partial charge in [-0.25, -0.2) is 4.98 Å². The molecule has 1 N–H and O–H groups in total. The second-order valence-corrected chi connectivity index (χ2v) is 4.73.